The number of halogens is 1. The summed E-state index contributed by atoms with van der Waals surface area (Å²) in [5.41, 5.74) is 2.86. The largest absolute Gasteiger partial charge is 0.366 e. The first-order valence-electron chi connectivity index (χ1n) is 8.26. The average molecular weight is 405 g/mol. The van der Waals surface area contributed by atoms with E-state index in [1.807, 2.05) is 36.1 Å². The zero-order chi connectivity index (χ0) is 18.0. The molecule has 0 atom stereocenters. The molecule has 0 saturated carbocycles. The van der Waals surface area contributed by atoms with Crippen LogP contribution < -0.4 is 10.5 Å². The Morgan fingerprint density at radius 2 is 1.80 bits per heavy atom. The molecule has 1 aliphatic heterocycles. The second-order valence-electron chi connectivity index (χ2n) is 6.30. The van der Waals surface area contributed by atoms with Crippen molar-refractivity contribution in [2.45, 2.75) is 13.3 Å². The number of benzene rings is 1. The maximum atomic E-state index is 12.5. The summed E-state index contributed by atoms with van der Waals surface area (Å²) in [5.74, 6) is 0.143. The number of amides is 1. The summed E-state index contributed by atoms with van der Waals surface area (Å²) in [6.07, 6.45) is 2.12. The number of hydrogen-bond acceptors (Lipinski definition) is 4. The number of rotatable bonds is 3. The zero-order valence-corrected chi connectivity index (χ0v) is 16.0. The van der Waals surface area contributed by atoms with Gasteiger partial charge in [-0.3, -0.25) is 9.59 Å². The van der Waals surface area contributed by atoms with Gasteiger partial charge < -0.3 is 9.80 Å². The van der Waals surface area contributed by atoms with Crippen molar-refractivity contribution < 1.29 is 4.79 Å². The minimum Gasteiger partial charge on any atom is -0.366 e. The van der Waals surface area contributed by atoms with Crippen LogP contribution in [0.2, 0.25) is 0 Å². The molecule has 0 bridgehead atoms. The summed E-state index contributed by atoms with van der Waals surface area (Å²) in [6.45, 7) is 4.70. The number of carbonyl (C=O) groups is 1. The van der Waals surface area contributed by atoms with Crippen molar-refractivity contribution in [3.63, 3.8) is 0 Å². The number of nitrogens with zero attached hydrogens (tertiary/aromatic N) is 4. The third-order valence-corrected chi connectivity index (χ3v) is 5.25. The van der Waals surface area contributed by atoms with Gasteiger partial charge >= 0.3 is 0 Å². The van der Waals surface area contributed by atoms with E-state index in [1.54, 1.807) is 13.2 Å². The van der Waals surface area contributed by atoms with E-state index in [1.165, 1.54) is 10.2 Å². The molecule has 1 aromatic heterocycles. The lowest BCUT2D eigenvalue weighted by molar-refractivity contribution is -0.130. The van der Waals surface area contributed by atoms with E-state index in [9.17, 15) is 9.59 Å². The summed E-state index contributed by atoms with van der Waals surface area (Å²) in [7, 11) is 1.62. The second kappa shape index (κ2) is 7.39. The van der Waals surface area contributed by atoms with Crippen LogP contribution in [0.3, 0.4) is 0 Å². The quantitative estimate of drug-likeness (QED) is 0.781. The zero-order valence-electron chi connectivity index (χ0n) is 14.4. The molecule has 1 saturated heterocycles. The van der Waals surface area contributed by atoms with Gasteiger partial charge in [-0.05, 0) is 28.4 Å². The first-order chi connectivity index (χ1) is 12.0. The Kier molecular flexibility index (Phi) is 5.22. The lowest BCUT2D eigenvalue weighted by Crippen LogP contribution is -2.49. The molecule has 0 radical (unpaired) electrons. The molecule has 6 nitrogen and oxygen atoms in total. The van der Waals surface area contributed by atoms with E-state index in [0.717, 1.165) is 11.3 Å². The SMILES string of the molecule is Cc1ccc(CC(=O)N2CCN(c3cnn(C)c(=O)c3Br)CC2)cc1. The van der Waals surface area contributed by atoms with Crippen LogP contribution >= 0.6 is 15.9 Å². The third kappa shape index (κ3) is 3.92. The van der Waals surface area contributed by atoms with E-state index in [-0.39, 0.29) is 11.5 Å². The highest BCUT2D eigenvalue weighted by atomic mass is 79.9. The van der Waals surface area contributed by atoms with Crippen LogP contribution in [0.4, 0.5) is 5.69 Å². The van der Waals surface area contributed by atoms with Gasteiger partial charge in [-0.15, -0.1) is 0 Å². The Morgan fingerprint density at radius 3 is 2.44 bits per heavy atom. The number of anilines is 1. The minimum atomic E-state index is -0.157. The first-order valence-corrected chi connectivity index (χ1v) is 9.05. The first kappa shape index (κ1) is 17.7. The van der Waals surface area contributed by atoms with Crippen LogP contribution in [0.5, 0.6) is 0 Å². The van der Waals surface area contributed by atoms with Crippen molar-refractivity contribution in [1.82, 2.24) is 14.7 Å². The highest BCUT2D eigenvalue weighted by molar-refractivity contribution is 9.10. The van der Waals surface area contributed by atoms with Gasteiger partial charge in [-0.1, -0.05) is 29.8 Å². The molecule has 1 amide bonds. The summed E-state index contributed by atoms with van der Waals surface area (Å²) in [6, 6.07) is 8.07. The maximum Gasteiger partial charge on any atom is 0.282 e. The fraction of sp³-hybridized carbons (Fsp3) is 0.389. The van der Waals surface area contributed by atoms with Crippen molar-refractivity contribution in [2.24, 2.45) is 7.05 Å². The van der Waals surface area contributed by atoms with Gasteiger partial charge in [-0.2, -0.15) is 5.10 Å². The Morgan fingerprint density at radius 1 is 1.16 bits per heavy atom. The smallest absolute Gasteiger partial charge is 0.282 e. The van der Waals surface area contributed by atoms with Crippen LogP contribution in [0.25, 0.3) is 0 Å². The monoisotopic (exact) mass is 404 g/mol. The van der Waals surface area contributed by atoms with Gasteiger partial charge in [0.25, 0.3) is 5.56 Å². The maximum absolute atomic E-state index is 12.5. The molecular weight excluding hydrogens is 384 g/mol. The highest BCUT2D eigenvalue weighted by Gasteiger charge is 2.23. The van der Waals surface area contributed by atoms with Crippen molar-refractivity contribution in [3.05, 3.63) is 56.4 Å². The molecule has 25 heavy (non-hydrogen) atoms. The summed E-state index contributed by atoms with van der Waals surface area (Å²) < 4.78 is 1.82. The standard InChI is InChI=1S/C18H21BrN4O2/c1-13-3-5-14(6-4-13)11-16(24)23-9-7-22(8-10-23)15-12-20-21(2)18(25)17(15)19/h3-6,12H,7-11H2,1-2H3. The molecule has 0 unspecified atom stereocenters. The number of piperazine rings is 1. The molecule has 3 rings (SSSR count). The highest BCUT2D eigenvalue weighted by Crippen LogP contribution is 2.22. The molecule has 0 spiro atoms. The molecule has 1 fully saturated rings. The fourth-order valence-electron chi connectivity index (χ4n) is 2.91. The lowest BCUT2D eigenvalue weighted by atomic mass is 10.1. The molecule has 1 aliphatic rings. The van der Waals surface area contributed by atoms with Crippen LogP contribution in [0.1, 0.15) is 11.1 Å². The van der Waals surface area contributed by atoms with Gasteiger partial charge in [0.2, 0.25) is 5.91 Å². The minimum absolute atomic E-state index is 0.143. The topological polar surface area (TPSA) is 58.4 Å². The second-order valence-corrected chi connectivity index (χ2v) is 7.10. The normalized spacial score (nSPS) is 14.7. The van der Waals surface area contributed by atoms with E-state index < -0.39 is 0 Å². The van der Waals surface area contributed by atoms with Crippen molar-refractivity contribution in [3.8, 4) is 0 Å². The third-order valence-electron chi connectivity index (χ3n) is 4.51. The van der Waals surface area contributed by atoms with E-state index in [4.69, 9.17) is 0 Å². The Balaban J connectivity index is 1.62. The molecular formula is C18H21BrN4O2. The molecule has 132 valence electrons. The summed E-state index contributed by atoms with van der Waals surface area (Å²) in [5, 5.41) is 4.08. The molecule has 2 aromatic rings. The number of hydrogen-bond donors (Lipinski definition) is 0. The summed E-state index contributed by atoms with van der Waals surface area (Å²) >= 11 is 3.37. The number of aryl methyl sites for hydroxylation is 2. The molecule has 0 N–H and O–H groups in total. The van der Waals surface area contributed by atoms with E-state index >= 15 is 0 Å². The average Bonchev–Trinajstić information content (AvgIpc) is 2.62. The van der Waals surface area contributed by atoms with Crippen molar-refractivity contribution in [1.29, 1.82) is 0 Å². The Labute approximate surface area is 155 Å². The van der Waals surface area contributed by atoms with Gasteiger partial charge in [-0.25, -0.2) is 4.68 Å². The Hall–Kier alpha value is -2.15. The van der Waals surface area contributed by atoms with Crippen LogP contribution in [-0.4, -0.2) is 46.8 Å². The van der Waals surface area contributed by atoms with Crippen molar-refractivity contribution >= 4 is 27.5 Å². The van der Waals surface area contributed by atoms with Crippen LogP contribution in [-0.2, 0) is 18.3 Å². The van der Waals surface area contributed by atoms with E-state index in [2.05, 4.69) is 25.9 Å². The number of carbonyl (C=O) groups excluding carboxylic acids is 1. The molecule has 7 heteroatoms. The van der Waals surface area contributed by atoms with Crippen LogP contribution in [0.15, 0.2) is 39.7 Å². The molecule has 2 heterocycles. The molecule has 1 aromatic carbocycles. The summed E-state index contributed by atoms with van der Waals surface area (Å²) in [4.78, 5) is 28.5. The molecule has 0 aliphatic carbocycles. The van der Waals surface area contributed by atoms with Gasteiger partial charge in [0, 0.05) is 33.2 Å². The predicted octanol–water partition coefficient (Wildman–Crippen LogP) is 1.74. The fourth-order valence-corrected chi connectivity index (χ4v) is 3.52. The number of aromatic nitrogens is 2. The lowest BCUT2D eigenvalue weighted by Gasteiger charge is -2.36. The predicted molar refractivity (Wildman–Crippen MR) is 101 cm³/mol. The van der Waals surface area contributed by atoms with Gasteiger partial charge in [0.15, 0.2) is 0 Å². The van der Waals surface area contributed by atoms with Crippen molar-refractivity contribution in [2.75, 3.05) is 31.1 Å². The van der Waals surface area contributed by atoms with Gasteiger partial charge in [0.1, 0.15) is 4.47 Å². The van der Waals surface area contributed by atoms with E-state index in [0.29, 0.717) is 37.1 Å². The Bertz CT molecular complexity index is 824. The van der Waals surface area contributed by atoms with Gasteiger partial charge in [0.05, 0.1) is 18.3 Å². The van der Waals surface area contributed by atoms with Crippen LogP contribution in [0, 0.1) is 6.92 Å².